The summed E-state index contributed by atoms with van der Waals surface area (Å²) in [6.07, 6.45) is 0. The second-order valence-corrected chi connectivity index (χ2v) is 7.44. The van der Waals surface area contributed by atoms with Gasteiger partial charge in [0.05, 0.1) is 5.69 Å². The van der Waals surface area contributed by atoms with Crippen LogP contribution >= 0.6 is 11.8 Å². The second-order valence-electron chi connectivity index (χ2n) is 6.42. The van der Waals surface area contributed by atoms with Gasteiger partial charge in [-0.2, -0.15) is 0 Å². The van der Waals surface area contributed by atoms with Crippen molar-refractivity contribution in [1.82, 2.24) is 10.3 Å². The first-order valence-electron chi connectivity index (χ1n) is 7.21. The molecule has 1 N–H and O–H groups in total. The number of oxazole rings is 1. The molecule has 0 spiro atoms. The summed E-state index contributed by atoms with van der Waals surface area (Å²) >= 11 is 1.57. The molecule has 1 aromatic heterocycles. The predicted octanol–water partition coefficient (Wildman–Crippen LogP) is 4.64. The Morgan fingerprint density at radius 3 is 2.43 bits per heavy atom. The van der Waals surface area contributed by atoms with Crippen LogP contribution in [0.4, 0.5) is 0 Å². The Balaban J connectivity index is 2.08. The molecule has 0 aliphatic carbocycles. The van der Waals surface area contributed by atoms with Crippen LogP contribution in [0.3, 0.4) is 0 Å². The average Bonchev–Trinajstić information content (AvgIpc) is 2.66. The molecule has 2 aromatic rings. The zero-order chi connectivity index (χ0) is 15.6. The molecule has 0 aliphatic heterocycles. The maximum absolute atomic E-state index is 5.62. The van der Waals surface area contributed by atoms with Crippen LogP contribution < -0.4 is 5.32 Å². The Morgan fingerprint density at radius 1 is 1.19 bits per heavy atom. The first-order chi connectivity index (χ1) is 9.74. The van der Waals surface area contributed by atoms with Crippen LogP contribution in [0.15, 0.2) is 32.7 Å². The molecule has 21 heavy (non-hydrogen) atoms. The predicted molar refractivity (Wildman–Crippen MR) is 87.9 cm³/mol. The summed E-state index contributed by atoms with van der Waals surface area (Å²) in [4.78, 5) is 5.57. The van der Waals surface area contributed by atoms with Crippen LogP contribution in [0.1, 0.15) is 43.4 Å². The molecule has 4 heteroatoms. The first-order valence-corrected chi connectivity index (χ1v) is 8.03. The van der Waals surface area contributed by atoms with Crippen molar-refractivity contribution in [1.29, 1.82) is 0 Å². The van der Waals surface area contributed by atoms with E-state index in [1.807, 2.05) is 13.8 Å². The van der Waals surface area contributed by atoms with E-state index >= 15 is 0 Å². The van der Waals surface area contributed by atoms with Gasteiger partial charge in [-0.05, 0) is 76.6 Å². The molecule has 0 unspecified atom stereocenters. The Labute approximate surface area is 131 Å². The lowest BCUT2D eigenvalue weighted by atomic mass is 10.1. The van der Waals surface area contributed by atoms with E-state index < -0.39 is 0 Å². The van der Waals surface area contributed by atoms with Crippen molar-refractivity contribution in [2.45, 2.75) is 63.7 Å². The van der Waals surface area contributed by atoms with E-state index in [4.69, 9.17) is 4.42 Å². The normalized spacial score (nSPS) is 11.9. The number of nitrogens with zero attached hydrogens (tertiary/aromatic N) is 1. The van der Waals surface area contributed by atoms with Crippen molar-refractivity contribution in [3.05, 3.63) is 40.8 Å². The fourth-order valence-electron chi connectivity index (χ4n) is 1.88. The number of hydrogen-bond donors (Lipinski definition) is 1. The SMILES string of the molecule is Cc1cc(Sc2nc(C)c(C)o2)ccc1CNC(C)(C)C. The third kappa shape index (κ3) is 4.61. The highest BCUT2D eigenvalue weighted by molar-refractivity contribution is 7.99. The molecule has 0 aliphatic rings. The summed E-state index contributed by atoms with van der Waals surface area (Å²) in [6, 6.07) is 6.50. The molecule has 0 bridgehead atoms. The fraction of sp³-hybridized carbons (Fsp3) is 0.471. The van der Waals surface area contributed by atoms with Crippen LogP contribution in [-0.4, -0.2) is 10.5 Å². The molecule has 0 amide bonds. The van der Waals surface area contributed by atoms with E-state index in [9.17, 15) is 0 Å². The Hall–Kier alpha value is -1.26. The summed E-state index contributed by atoms with van der Waals surface area (Å²) in [5, 5.41) is 4.23. The standard InChI is InChI=1S/C17H24N2OS/c1-11-9-15(21-16-19-12(2)13(3)20-16)8-7-14(11)10-18-17(4,5)6/h7-9,18H,10H2,1-6H3. The summed E-state index contributed by atoms with van der Waals surface area (Å²) in [7, 11) is 0. The van der Waals surface area contributed by atoms with Crippen molar-refractivity contribution in [2.24, 2.45) is 0 Å². The maximum atomic E-state index is 5.62. The fourth-order valence-corrected chi connectivity index (χ4v) is 2.80. The lowest BCUT2D eigenvalue weighted by Crippen LogP contribution is -2.35. The van der Waals surface area contributed by atoms with Gasteiger partial charge in [-0.1, -0.05) is 6.07 Å². The number of aromatic nitrogens is 1. The van der Waals surface area contributed by atoms with E-state index in [1.165, 1.54) is 11.1 Å². The molecule has 0 saturated carbocycles. The first kappa shape index (κ1) is 16.1. The summed E-state index contributed by atoms with van der Waals surface area (Å²) in [6.45, 7) is 13.5. The van der Waals surface area contributed by atoms with Gasteiger partial charge in [-0.25, -0.2) is 4.98 Å². The van der Waals surface area contributed by atoms with Gasteiger partial charge >= 0.3 is 0 Å². The Bertz CT molecular complexity index is 607. The number of benzene rings is 1. The van der Waals surface area contributed by atoms with Gasteiger partial charge in [-0.15, -0.1) is 0 Å². The minimum atomic E-state index is 0.132. The van der Waals surface area contributed by atoms with Crippen molar-refractivity contribution >= 4 is 11.8 Å². The lowest BCUT2D eigenvalue weighted by molar-refractivity contribution is 0.424. The van der Waals surface area contributed by atoms with Crippen LogP contribution in [0.2, 0.25) is 0 Å². The summed E-state index contributed by atoms with van der Waals surface area (Å²) < 4.78 is 5.62. The number of hydrogen-bond acceptors (Lipinski definition) is 4. The zero-order valence-electron chi connectivity index (χ0n) is 13.7. The summed E-state index contributed by atoms with van der Waals surface area (Å²) in [5.41, 5.74) is 3.71. The van der Waals surface area contributed by atoms with Crippen molar-refractivity contribution in [3.63, 3.8) is 0 Å². The maximum Gasteiger partial charge on any atom is 0.260 e. The van der Waals surface area contributed by atoms with Crippen molar-refractivity contribution in [3.8, 4) is 0 Å². The van der Waals surface area contributed by atoms with Gasteiger partial charge in [0.1, 0.15) is 5.76 Å². The molecule has 0 saturated heterocycles. The molecular weight excluding hydrogens is 280 g/mol. The van der Waals surface area contributed by atoms with Crippen molar-refractivity contribution < 1.29 is 4.42 Å². The highest BCUT2D eigenvalue weighted by Crippen LogP contribution is 2.29. The highest BCUT2D eigenvalue weighted by atomic mass is 32.2. The molecule has 1 heterocycles. The van der Waals surface area contributed by atoms with Crippen LogP contribution in [0, 0.1) is 20.8 Å². The monoisotopic (exact) mass is 304 g/mol. The molecule has 114 valence electrons. The minimum Gasteiger partial charge on any atom is -0.436 e. The summed E-state index contributed by atoms with van der Waals surface area (Å²) in [5.74, 6) is 0.889. The average molecular weight is 304 g/mol. The molecule has 0 atom stereocenters. The van der Waals surface area contributed by atoms with Gasteiger partial charge in [0.2, 0.25) is 0 Å². The van der Waals surface area contributed by atoms with E-state index in [0.717, 1.165) is 22.9 Å². The van der Waals surface area contributed by atoms with Gasteiger partial charge in [0.15, 0.2) is 0 Å². The third-order valence-corrected chi connectivity index (χ3v) is 4.18. The van der Waals surface area contributed by atoms with Gasteiger partial charge in [-0.3, -0.25) is 0 Å². The van der Waals surface area contributed by atoms with Gasteiger partial charge in [0.25, 0.3) is 5.22 Å². The van der Waals surface area contributed by atoms with E-state index in [2.05, 4.69) is 56.2 Å². The lowest BCUT2D eigenvalue weighted by Gasteiger charge is -2.21. The molecule has 1 aromatic carbocycles. The zero-order valence-corrected chi connectivity index (χ0v) is 14.5. The van der Waals surface area contributed by atoms with Gasteiger partial charge < -0.3 is 9.73 Å². The largest absolute Gasteiger partial charge is 0.436 e. The highest BCUT2D eigenvalue weighted by Gasteiger charge is 2.11. The number of aryl methyl sites for hydroxylation is 3. The quantitative estimate of drug-likeness (QED) is 0.893. The molecule has 0 fully saturated rings. The van der Waals surface area contributed by atoms with E-state index in [1.54, 1.807) is 11.8 Å². The van der Waals surface area contributed by atoms with Crippen LogP contribution in [0.5, 0.6) is 0 Å². The molecular formula is C17H24N2OS. The second kappa shape index (κ2) is 6.24. The Morgan fingerprint density at radius 2 is 1.90 bits per heavy atom. The number of rotatable bonds is 4. The van der Waals surface area contributed by atoms with E-state index in [0.29, 0.717) is 5.22 Å². The van der Waals surface area contributed by atoms with Gasteiger partial charge in [0, 0.05) is 17.0 Å². The minimum absolute atomic E-state index is 0.132. The molecule has 2 rings (SSSR count). The van der Waals surface area contributed by atoms with Crippen molar-refractivity contribution in [2.75, 3.05) is 0 Å². The van der Waals surface area contributed by atoms with Crippen LogP contribution in [-0.2, 0) is 6.54 Å². The van der Waals surface area contributed by atoms with E-state index in [-0.39, 0.29) is 5.54 Å². The topological polar surface area (TPSA) is 38.1 Å². The number of nitrogens with one attached hydrogen (secondary N) is 1. The third-order valence-electron chi connectivity index (χ3n) is 3.34. The smallest absolute Gasteiger partial charge is 0.260 e. The molecule has 0 radical (unpaired) electrons. The Kier molecular flexibility index (Phi) is 4.79. The molecule has 3 nitrogen and oxygen atoms in total. The van der Waals surface area contributed by atoms with Crippen LogP contribution in [0.25, 0.3) is 0 Å².